The molecule has 66 valence electrons. The molecule has 2 nitrogen and oxygen atoms in total. The van der Waals surface area contributed by atoms with Crippen LogP contribution in [0.2, 0.25) is 0 Å². The quantitative estimate of drug-likeness (QED) is 0.625. The van der Waals surface area contributed by atoms with Gasteiger partial charge < -0.3 is 0 Å². The fourth-order valence-corrected chi connectivity index (χ4v) is 1.84. The van der Waals surface area contributed by atoms with Crippen molar-refractivity contribution in [2.75, 3.05) is 6.54 Å². The first-order valence-electron chi connectivity index (χ1n) is 4.75. The standard InChI is InChI=1S/C10H16N2/c1-7(2)9-5-8-3-4-11-10(8)12-6-9/h5-8,10-11H,3-4H2,1-2H3. The number of dihydropyridines is 1. The van der Waals surface area contributed by atoms with Gasteiger partial charge in [0.05, 0.1) is 0 Å². The van der Waals surface area contributed by atoms with Crippen LogP contribution in [0.15, 0.2) is 16.6 Å². The Morgan fingerprint density at radius 1 is 1.58 bits per heavy atom. The van der Waals surface area contributed by atoms with Crippen molar-refractivity contribution in [3.63, 3.8) is 0 Å². The lowest BCUT2D eigenvalue weighted by Gasteiger charge is -2.19. The lowest BCUT2D eigenvalue weighted by Crippen LogP contribution is -2.26. The van der Waals surface area contributed by atoms with E-state index in [0.717, 1.165) is 6.54 Å². The third kappa shape index (κ3) is 1.31. The summed E-state index contributed by atoms with van der Waals surface area (Å²) >= 11 is 0. The highest BCUT2D eigenvalue weighted by Crippen LogP contribution is 2.25. The summed E-state index contributed by atoms with van der Waals surface area (Å²) < 4.78 is 0. The number of aliphatic imine (C=N–C) groups is 1. The Hall–Kier alpha value is -0.630. The first-order chi connectivity index (χ1) is 5.77. The van der Waals surface area contributed by atoms with Gasteiger partial charge in [0.1, 0.15) is 6.17 Å². The van der Waals surface area contributed by atoms with E-state index in [1.165, 1.54) is 12.0 Å². The highest BCUT2D eigenvalue weighted by atomic mass is 15.1. The highest BCUT2D eigenvalue weighted by Gasteiger charge is 2.26. The summed E-state index contributed by atoms with van der Waals surface area (Å²) in [5, 5.41) is 3.38. The second kappa shape index (κ2) is 3.02. The van der Waals surface area contributed by atoms with Crippen molar-refractivity contribution in [1.82, 2.24) is 5.32 Å². The second-order valence-electron chi connectivity index (χ2n) is 3.95. The lowest BCUT2D eigenvalue weighted by atomic mass is 9.94. The van der Waals surface area contributed by atoms with Crippen LogP contribution >= 0.6 is 0 Å². The van der Waals surface area contributed by atoms with Crippen LogP contribution in [0.25, 0.3) is 0 Å². The van der Waals surface area contributed by atoms with Gasteiger partial charge in [-0.2, -0.15) is 0 Å². The van der Waals surface area contributed by atoms with Gasteiger partial charge in [-0.05, 0) is 24.5 Å². The third-order valence-electron chi connectivity index (χ3n) is 2.69. The summed E-state index contributed by atoms with van der Waals surface area (Å²) in [6.45, 7) is 5.57. The average Bonchev–Trinajstić information content (AvgIpc) is 2.49. The minimum atomic E-state index is 0.382. The van der Waals surface area contributed by atoms with Crippen LogP contribution in [-0.2, 0) is 0 Å². The molecular formula is C10H16N2. The molecule has 1 fully saturated rings. The molecule has 2 aliphatic heterocycles. The summed E-state index contributed by atoms with van der Waals surface area (Å²) in [6.07, 6.45) is 6.05. The molecule has 0 saturated carbocycles. The molecule has 0 aromatic heterocycles. The number of hydrogen-bond acceptors (Lipinski definition) is 2. The summed E-state index contributed by atoms with van der Waals surface area (Å²) in [4.78, 5) is 4.49. The maximum atomic E-state index is 4.49. The van der Waals surface area contributed by atoms with Gasteiger partial charge in [0.25, 0.3) is 0 Å². The lowest BCUT2D eigenvalue weighted by molar-refractivity contribution is 0.533. The van der Waals surface area contributed by atoms with Crippen LogP contribution in [0, 0.1) is 11.8 Å². The molecule has 2 heterocycles. The second-order valence-corrected chi connectivity index (χ2v) is 3.95. The summed E-state index contributed by atoms with van der Waals surface area (Å²) in [5.74, 6) is 1.28. The van der Waals surface area contributed by atoms with Gasteiger partial charge in [-0.15, -0.1) is 0 Å². The first kappa shape index (κ1) is 7.99. The molecule has 0 spiro atoms. The number of rotatable bonds is 1. The van der Waals surface area contributed by atoms with Crippen LogP contribution in [0.1, 0.15) is 20.3 Å². The van der Waals surface area contributed by atoms with Gasteiger partial charge in [-0.25, -0.2) is 0 Å². The number of nitrogens with one attached hydrogen (secondary N) is 1. The van der Waals surface area contributed by atoms with Crippen LogP contribution in [0.5, 0.6) is 0 Å². The highest BCUT2D eigenvalue weighted by molar-refractivity contribution is 5.80. The minimum absolute atomic E-state index is 0.382. The van der Waals surface area contributed by atoms with E-state index >= 15 is 0 Å². The fraction of sp³-hybridized carbons (Fsp3) is 0.700. The smallest absolute Gasteiger partial charge is 0.106 e. The van der Waals surface area contributed by atoms with Crippen molar-refractivity contribution in [2.24, 2.45) is 16.8 Å². The van der Waals surface area contributed by atoms with E-state index in [1.807, 2.05) is 6.21 Å². The number of nitrogens with zero attached hydrogens (tertiary/aromatic N) is 1. The van der Waals surface area contributed by atoms with Crippen LogP contribution in [0.4, 0.5) is 0 Å². The molecule has 0 amide bonds. The predicted octanol–water partition coefficient (Wildman–Crippen LogP) is 1.59. The van der Waals surface area contributed by atoms with E-state index in [-0.39, 0.29) is 0 Å². The predicted molar refractivity (Wildman–Crippen MR) is 51.3 cm³/mol. The van der Waals surface area contributed by atoms with Gasteiger partial charge in [-0.1, -0.05) is 19.9 Å². The van der Waals surface area contributed by atoms with Crippen molar-refractivity contribution in [3.05, 3.63) is 11.6 Å². The molecule has 1 N–H and O–H groups in total. The van der Waals surface area contributed by atoms with Gasteiger partial charge in [-0.3, -0.25) is 10.3 Å². The SMILES string of the molecule is CC(C)C1=CC2CCNC2N=C1. The topological polar surface area (TPSA) is 24.4 Å². The maximum Gasteiger partial charge on any atom is 0.106 e. The molecule has 0 radical (unpaired) electrons. The fourth-order valence-electron chi connectivity index (χ4n) is 1.84. The number of allylic oxidation sites excluding steroid dienone is 1. The van der Waals surface area contributed by atoms with Gasteiger partial charge in [0, 0.05) is 12.1 Å². The molecule has 0 bridgehead atoms. The molecule has 2 aliphatic rings. The molecular weight excluding hydrogens is 148 g/mol. The maximum absolute atomic E-state index is 4.49. The van der Waals surface area contributed by atoms with E-state index in [0.29, 0.717) is 18.0 Å². The third-order valence-corrected chi connectivity index (χ3v) is 2.69. The summed E-state index contributed by atoms with van der Waals surface area (Å²) in [7, 11) is 0. The number of fused-ring (bicyclic) bond motifs is 1. The van der Waals surface area contributed by atoms with Crippen molar-refractivity contribution in [1.29, 1.82) is 0 Å². The van der Waals surface area contributed by atoms with Gasteiger partial charge in [0.2, 0.25) is 0 Å². The largest absolute Gasteiger partial charge is 0.295 e. The van der Waals surface area contributed by atoms with Crippen molar-refractivity contribution in [3.8, 4) is 0 Å². The molecule has 2 atom stereocenters. The Bertz CT molecular complexity index is 228. The monoisotopic (exact) mass is 164 g/mol. The molecule has 0 aliphatic carbocycles. The van der Waals surface area contributed by atoms with E-state index in [2.05, 4.69) is 30.2 Å². The Kier molecular flexibility index (Phi) is 2.01. The molecule has 2 rings (SSSR count). The summed E-state index contributed by atoms with van der Waals surface area (Å²) in [5.41, 5.74) is 1.40. The molecule has 1 saturated heterocycles. The molecule has 0 aromatic rings. The summed E-state index contributed by atoms with van der Waals surface area (Å²) in [6, 6.07) is 0. The van der Waals surface area contributed by atoms with Crippen molar-refractivity contribution >= 4 is 6.21 Å². The Morgan fingerprint density at radius 2 is 2.42 bits per heavy atom. The van der Waals surface area contributed by atoms with E-state index in [4.69, 9.17) is 0 Å². The van der Waals surface area contributed by atoms with Crippen molar-refractivity contribution < 1.29 is 0 Å². The zero-order valence-corrected chi connectivity index (χ0v) is 7.75. The van der Waals surface area contributed by atoms with Gasteiger partial charge in [0.15, 0.2) is 0 Å². The zero-order valence-electron chi connectivity index (χ0n) is 7.75. The normalized spacial score (nSPS) is 33.8. The van der Waals surface area contributed by atoms with E-state index in [9.17, 15) is 0 Å². The van der Waals surface area contributed by atoms with Crippen LogP contribution in [0.3, 0.4) is 0 Å². The Labute approximate surface area is 73.8 Å². The molecule has 12 heavy (non-hydrogen) atoms. The van der Waals surface area contributed by atoms with E-state index < -0.39 is 0 Å². The van der Waals surface area contributed by atoms with Crippen LogP contribution < -0.4 is 5.32 Å². The Morgan fingerprint density at radius 3 is 3.17 bits per heavy atom. The molecule has 0 aromatic carbocycles. The van der Waals surface area contributed by atoms with E-state index in [1.54, 1.807) is 0 Å². The Balaban J connectivity index is 2.15. The van der Waals surface area contributed by atoms with Gasteiger partial charge >= 0.3 is 0 Å². The minimum Gasteiger partial charge on any atom is -0.295 e. The number of hydrogen-bond donors (Lipinski definition) is 1. The van der Waals surface area contributed by atoms with Crippen LogP contribution in [-0.4, -0.2) is 18.9 Å². The van der Waals surface area contributed by atoms with Crippen molar-refractivity contribution in [2.45, 2.75) is 26.4 Å². The average molecular weight is 164 g/mol. The first-order valence-corrected chi connectivity index (χ1v) is 4.75. The molecule has 2 heteroatoms. The molecule has 2 unspecified atom stereocenters. The zero-order chi connectivity index (χ0) is 8.55.